The molecule has 0 aliphatic heterocycles. The van der Waals surface area contributed by atoms with Crippen molar-refractivity contribution in [3.8, 4) is 11.4 Å². The van der Waals surface area contributed by atoms with Gasteiger partial charge in [0.2, 0.25) is 17.6 Å². The minimum Gasteiger partial charge on any atom is -0.337 e. The zero-order valence-electron chi connectivity index (χ0n) is 13.9. The van der Waals surface area contributed by atoms with Gasteiger partial charge in [0.05, 0.1) is 6.54 Å². The monoisotopic (exact) mass is 301 g/mol. The number of nitrogens with zero attached hydrogens (tertiary/aromatic N) is 3. The largest absolute Gasteiger partial charge is 0.337 e. The molecule has 0 N–H and O–H groups in total. The third kappa shape index (κ3) is 3.72. The van der Waals surface area contributed by atoms with E-state index in [2.05, 4.69) is 43.0 Å². The highest BCUT2D eigenvalue weighted by Gasteiger charge is 2.16. The van der Waals surface area contributed by atoms with Crippen molar-refractivity contribution in [1.29, 1.82) is 0 Å². The topological polar surface area (TPSA) is 59.2 Å². The van der Waals surface area contributed by atoms with Crippen molar-refractivity contribution >= 4 is 5.91 Å². The molecule has 0 aliphatic carbocycles. The van der Waals surface area contributed by atoms with Crippen LogP contribution in [0.25, 0.3) is 11.4 Å². The summed E-state index contributed by atoms with van der Waals surface area (Å²) in [6, 6.07) is 8.16. The number of aromatic nitrogens is 2. The molecule has 0 saturated carbocycles. The number of hydrogen-bond acceptors (Lipinski definition) is 4. The molecule has 5 nitrogen and oxygen atoms in total. The molecular weight excluding hydrogens is 278 g/mol. The Labute approximate surface area is 131 Å². The molecule has 1 heterocycles. The van der Waals surface area contributed by atoms with Crippen LogP contribution < -0.4 is 0 Å². The van der Waals surface area contributed by atoms with Gasteiger partial charge in [-0.25, -0.2) is 0 Å². The molecule has 0 aliphatic rings. The molecule has 118 valence electrons. The Bertz CT molecular complexity index is 639. The van der Waals surface area contributed by atoms with Crippen molar-refractivity contribution in [1.82, 2.24) is 15.0 Å². The summed E-state index contributed by atoms with van der Waals surface area (Å²) in [5.41, 5.74) is 2.28. The van der Waals surface area contributed by atoms with E-state index in [1.54, 1.807) is 11.9 Å². The molecule has 0 unspecified atom stereocenters. The number of amides is 1. The van der Waals surface area contributed by atoms with Gasteiger partial charge in [-0.2, -0.15) is 4.98 Å². The zero-order valence-corrected chi connectivity index (χ0v) is 13.9. The van der Waals surface area contributed by atoms with Crippen molar-refractivity contribution in [2.75, 3.05) is 7.05 Å². The van der Waals surface area contributed by atoms with Crippen LogP contribution in [0, 0.1) is 0 Å². The van der Waals surface area contributed by atoms with E-state index in [4.69, 9.17) is 4.52 Å². The average Bonchev–Trinajstić information content (AvgIpc) is 2.94. The van der Waals surface area contributed by atoms with E-state index < -0.39 is 0 Å². The maximum absolute atomic E-state index is 11.6. The van der Waals surface area contributed by atoms with Crippen molar-refractivity contribution < 1.29 is 9.32 Å². The van der Waals surface area contributed by atoms with Crippen LogP contribution in [0.1, 0.15) is 45.6 Å². The van der Waals surface area contributed by atoms with Crippen LogP contribution in [0.5, 0.6) is 0 Å². The minimum absolute atomic E-state index is 0.0503. The number of rotatable bonds is 4. The fourth-order valence-corrected chi connectivity index (χ4v) is 2.12. The summed E-state index contributed by atoms with van der Waals surface area (Å²) in [7, 11) is 1.73. The highest BCUT2D eigenvalue weighted by Crippen LogP contribution is 2.25. The van der Waals surface area contributed by atoms with Gasteiger partial charge in [-0.15, -0.1) is 0 Å². The third-order valence-corrected chi connectivity index (χ3v) is 3.58. The van der Waals surface area contributed by atoms with Crippen LogP contribution in [0.4, 0.5) is 0 Å². The van der Waals surface area contributed by atoms with Crippen LogP contribution in [-0.4, -0.2) is 28.0 Å². The van der Waals surface area contributed by atoms with E-state index >= 15 is 0 Å². The van der Waals surface area contributed by atoms with Gasteiger partial charge in [-0.05, 0) is 11.0 Å². The van der Waals surface area contributed by atoms with Crippen LogP contribution in [0.2, 0.25) is 0 Å². The van der Waals surface area contributed by atoms with E-state index in [0.717, 1.165) is 5.56 Å². The van der Waals surface area contributed by atoms with E-state index in [1.165, 1.54) is 5.56 Å². The van der Waals surface area contributed by atoms with Crippen LogP contribution in [0.15, 0.2) is 28.8 Å². The number of carbonyl (C=O) groups is 1. The van der Waals surface area contributed by atoms with Gasteiger partial charge < -0.3 is 9.42 Å². The second-order valence-electron chi connectivity index (χ2n) is 6.44. The van der Waals surface area contributed by atoms with E-state index in [9.17, 15) is 4.79 Å². The Morgan fingerprint density at radius 3 is 2.41 bits per heavy atom. The van der Waals surface area contributed by atoms with Gasteiger partial charge in [0, 0.05) is 19.0 Å². The Morgan fingerprint density at radius 1 is 1.23 bits per heavy atom. The van der Waals surface area contributed by atoms with E-state index in [-0.39, 0.29) is 11.3 Å². The van der Waals surface area contributed by atoms with Gasteiger partial charge in [-0.1, -0.05) is 57.1 Å². The molecule has 5 heteroatoms. The first-order chi connectivity index (χ1) is 10.3. The molecule has 0 bridgehead atoms. The molecule has 0 radical (unpaired) electrons. The van der Waals surface area contributed by atoms with E-state index in [1.807, 2.05) is 19.1 Å². The molecule has 2 aromatic rings. The number of hydrogen-bond donors (Lipinski definition) is 0. The summed E-state index contributed by atoms with van der Waals surface area (Å²) in [6.07, 6.45) is 0.464. The lowest BCUT2D eigenvalue weighted by Crippen LogP contribution is -2.25. The minimum atomic E-state index is 0.0503. The van der Waals surface area contributed by atoms with Crippen molar-refractivity contribution in [3.05, 3.63) is 35.7 Å². The molecule has 22 heavy (non-hydrogen) atoms. The predicted octanol–water partition coefficient (Wildman–Crippen LogP) is 3.40. The molecule has 1 aromatic carbocycles. The zero-order chi connectivity index (χ0) is 16.3. The van der Waals surface area contributed by atoms with Crippen LogP contribution >= 0.6 is 0 Å². The predicted molar refractivity (Wildman–Crippen MR) is 85.2 cm³/mol. The van der Waals surface area contributed by atoms with Gasteiger partial charge in [0.15, 0.2) is 0 Å². The smallest absolute Gasteiger partial charge is 0.246 e. The van der Waals surface area contributed by atoms with Gasteiger partial charge in [0.1, 0.15) is 0 Å². The summed E-state index contributed by atoms with van der Waals surface area (Å²) in [5.74, 6) is 1.04. The van der Waals surface area contributed by atoms with Crippen LogP contribution in [-0.2, 0) is 16.8 Å². The normalized spacial score (nSPS) is 11.5. The Kier molecular flexibility index (Phi) is 4.64. The van der Waals surface area contributed by atoms with Crippen molar-refractivity contribution in [3.63, 3.8) is 0 Å². The maximum atomic E-state index is 11.6. The Hall–Kier alpha value is -2.17. The first-order valence-corrected chi connectivity index (χ1v) is 7.48. The lowest BCUT2D eigenvalue weighted by atomic mass is 9.87. The summed E-state index contributed by atoms with van der Waals surface area (Å²) >= 11 is 0. The molecule has 0 atom stereocenters. The molecule has 0 saturated heterocycles. The Balaban J connectivity index is 2.13. The third-order valence-electron chi connectivity index (χ3n) is 3.58. The summed E-state index contributed by atoms with van der Waals surface area (Å²) in [6.45, 7) is 8.69. The molecule has 0 spiro atoms. The Morgan fingerprint density at radius 2 is 1.86 bits per heavy atom. The molecule has 1 aromatic heterocycles. The van der Waals surface area contributed by atoms with Gasteiger partial charge >= 0.3 is 0 Å². The molecule has 0 fully saturated rings. The highest BCUT2D eigenvalue weighted by molar-refractivity contribution is 5.75. The highest BCUT2D eigenvalue weighted by atomic mass is 16.5. The maximum Gasteiger partial charge on any atom is 0.246 e. The molecular formula is C17H23N3O2. The second kappa shape index (κ2) is 6.30. The first kappa shape index (κ1) is 16.2. The quantitative estimate of drug-likeness (QED) is 0.868. The van der Waals surface area contributed by atoms with Gasteiger partial charge in [0.25, 0.3) is 0 Å². The van der Waals surface area contributed by atoms with Crippen molar-refractivity contribution in [2.24, 2.45) is 0 Å². The average molecular weight is 301 g/mol. The fourth-order valence-electron chi connectivity index (χ4n) is 2.12. The summed E-state index contributed by atoms with van der Waals surface area (Å²) in [4.78, 5) is 17.5. The number of carbonyl (C=O) groups excluding carboxylic acids is 1. The summed E-state index contributed by atoms with van der Waals surface area (Å²) in [5, 5.41) is 3.99. The van der Waals surface area contributed by atoms with E-state index in [0.29, 0.717) is 24.7 Å². The SMILES string of the molecule is CCC(=O)N(C)Cc1nc(-c2ccc(C(C)(C)C)cc2)no1. The second-order valence-corrected chi connectivity index (χ2v) is 6.44. The lowest BCUT2D eigenvalue weighted by molar-refractivity contribution is -0.130. The van der Waals surface area contributed by atoms with Crippen LogP contribution in [0.3, 0.4) is 0 Å². The van der Waals surface area contributed by atoms with Crippen molar-refractivity contribution in [2.45, 2.75) is 46.1 Å². The molecule has 2 rings (SSSR count). The number of benzene rings is 1. The fraction of sp³-hybridized carbons (Fsp3) is 0.471. The first-order valence-electron chi connectivity index (χ1n) is 7.48. The van der Waals surface area contributed by atoms with Gasteiger partial charge in [-0.3, -0.25) is 4.79 Å². The lowest BCUT2D eigenvalue weighted by Gasteiger charge is -2.18. The molecule has 1 amide bonds. The standard InChI is InChI=1S/C17H23N3O2/c1-6-15(21)20(5)11-14-18-16(19-22-14)12-7-9-13(10-8-12)17(2,3)4/h7-10H,6,11H2,1-5H3. The summed E-state index contributed by atoms with van der Waals surface area (Å²) < 4.78 is 5.23.